The number of anilines is 1. The number of rotatable bonds is 5. The van der Waals surface area contributed by atoms with E-state index in [1.165, 1.54) is 19.1 Å². The molecule has 0 aliphatic rings. The molecule has 2 aromatic rings. The lowest BCUT2D eigenvalue weighted by Gasteiger charge is -2.10. The van der Waals surface area contributed by atoms with Crippen molar-refractivity contribution >= 4 is 17.4 Å². The molecule has 0 unspecified atom stereocenters. The molecule has 5 heteroatoms. The van der Waals surface area contributed by atoms with E-state index >= 15 is 0 Å². The summed E-state index contributed by atoms with van der Waals surface area (Å²) in [5.74, 6) is -1.02. The molecule has 0 aromatic heterocycles. The zero-order valence-electron chi connectivity index (χ0n) is 12.4. The average Bonchev–Trinajstić information content (AvgIpc) is 2.45. The van der Waals surface area contributed by atoms with Gasteiger partial charge in [0.05, 0.1) is 5.56 Å². The molecule has 0 saturated carbocycles. The van der Waals surface area contributed by atoms with Crippen LogP contribution in [0.25, 0.3) is 0 Å². The predicted octanol–water partition coefficient (Wildman–Crippen LogP) is 3.35. The van der Waals surface area contributed by atoms with Crippen LogP contribution in [0.5, 0.6) is 5.75 Å². The van der Waals surface area contributed by atoms with E-state index in [2.05, 4.69) is 5.32 Å². The minimum absolute atomic E-state index is 0.114. The Morgan fingerprint density at radius 1 is 1.18 bits per heavy atom. The van der Waals surface area contributed by atoms with Crippen LogP contribution in [0.3, 0.4) is 0 Å². The molecule has 1 N–H and O–H groups in total. The largest absolute Gasteiger partial charge is 0.483 e. The smallest absolute Gasteiger partial charge is 0.262 e. The molecular formula is C17H16FNO3. The SMILES string of the molecule is CC(=O)c1cc(F)ccc1OCC(=O)Nc1cccc(C)c1. The predicted molar refractivity (Wildman–Crippen MR) is 81.7 cm³/mol. The van der Waals surface area contributed by atoms with E-state index in [4.69, 9.17) is 4.74 Å². The number of halogens is 1. The van der Waals surface area contributed by atoms with Crippen molar-refractivity contribution in [2.45, 2.75) is 13.8 Å². The number of benzene rings is 2. The molecule has 0 heterocycles. The number of aryl methyl sites for hydroxylation is 1. The number of Topliss-reactive ketones (excluding diaryl/α,β-unsaturated/α-hetero) is 1. The van der Waals surface area contributed by atoms with E-state index in [-0.39, 0.29) is 29.6 Å². The van der Waals surface area contributed by atoms with Gasteiger partial charge in [-0.05, 0) is 49.7 Å². The number of hydrogen-bond acceptors (Lipinski definition) is 3. The highest BCUT2D eigenvalue weighted by atomic mass is 19.1. The monoisotopic (exact) mass is 301 g/mol. The summed E-state index contributed by atoms with van der Waals surface area (Å²) < 4.78 is 18.5. The first-order valence-corrected chi connectivity index (χ1v) is 6.75. The highest BCUT2D eigenvalue weighted by Crippen LogP contribution is 2.20. The first-order chi connectivity index (χ1) is 10.5. The van der Waals surface area contributed by atoms with Gasteiger partial charge in [-0.25, -0.2) is 4.39 Å². The van der Waals surface area contributed by atoms with Gasteiger partial charge in [-0.3, -0.25) is 9.59 Å². The Morgan fingerprint density at radius 2 is 1.95 bits per heavy atom. The molecule has 1 amide bonds. The molecule has 0 aliphatic heterocycles. The summed E-state index contributed by atoms with van der Waals surface area (Å²) in [5, 5.41) is 2.69. The second-order valence-electron chi connectivity index (χ2n) is 4.90. The molecule has 0 fully saturated rings. The molecule has 2 aromatic carbocycles. The van der Waals surface area contributed by atoms with Gasteiger partial charge in [0.2, 0.25) is 0 Å². The lowest BCUT2D eigenvalue weighted by atomic mass is 10.1. The topological polar surface area (TPSA) is 55.4 Å². The van der Waals surface area contributed by atoms with Crippen molar-refractivity contribution in [3.05, 3.63) is 59.4 Å². The van der Waals surface area contributed by atoms with E-state index in [1.807, 2.05) is 25.1 Å². The molecule has 0 spiro atoms. The van der Waals surface area contributed by atoms with Crippen LogP contribution in [0.15, 0.2) is 42.5 Å². The molecule has 2 rings (SSSR count). The number of carbonyl (C=O) groups excluding carboxylic acids is 2. The Kier molecular flexibility index (Phi) is 4.88. The fraction of sp³-hybridized carbons (Fsp3) is 0.176. The second-order valence-corrected chi connectivity index (χ2v) is 4.90. The van der Waals surface area contributed by atoms with Gasteiger partial charge >= 0.3 is 0 Å². The molecule has 114 valence electrons. The van der Waals surface area contributed by atoms with E-state index in [1.54, 1.807) is 6.07 Å². The van der Waals surface area contributed by atoms with Crippen LogP contribution in [0.2, 0.25) is 0 Å². The van der Waals surface area contributed by atoms with Crippen LogP contribution in [0.1, 0.15) is 22.8 Å². The van der Waals surface area contributed by atoms with Crippen molar-refractivity contribution in [1.29, 1.82) is 0 Å². The fourth-order valence-electron chi connectivity index (χ4n) is 1.97. The zero-order valence-corrected chi connectivity index (χ0v) is 12.4. The van der Waals surface area contributed by atoms with Crippen LogP contribution in [0, 0.1) is 12.7 Å². The molecule has 22 heavy (non-hydrogen) atoms. The minimum Gasteiger partial charge on any atom is -0.483 e. The first kappa shape index (κ1) is 15.7. The van der Waals surface area contributed by atoms with Gasteiger partial charge in [0.15, 0.2) is 12.4 Å². The fourth-order valence-corrected chi connectivity index (χ4v) is 1.97. The molecule has 0 radical (unpaired) electrons. The summed E-state index contributed by atoms with van der Waals surface area (Å²) in [6.07, 6.45) is 0. The highest BCUT2D eigenvalue weighted by Gasteiger charge is 2.12. The number of hydrogen-bond donors (Lipinski definition) is 1. The quantitative estimate of drug-likeness (QED) is 0.862. The molecule has 0 bridgehead atoms. The highest BCUT2D eigenvalue weighted by molar-refractivity contribution is 5.97. The van der Waals surface area contributed by atoms with Crippen molar-refractivity contribution in [1.82, 2.24) is 0 Å². The van der Waals surface area contributed by atoms with Crippen molar-refractivity contribution in [2.24, 2.45) is 0 Å². The second kappa shape index (κ2) is 6.85. The van der Waals surface area contributed by atoms with Crippen LogP contribution >= 0.6 is 0 Å². The third-order valence-corrected chi connectivity index (χ3v) is 2.98. The third kappa shape index (κ3) is 4.15. The van der Waals surface area contributed by atoms with Gasteiger partial charge < -0.3 is 10.1 Å². The lowest BCUT2D eigenvalue weighted by molar-refractivity contribution is -0.118. The van der Waals surface area contributed by atoms with Crippen molar-refractivity contribution in [3.63, 3.8) is 0 Å². The summed E-state index contributed by atoms with van der Waals surface area (Å²) in [4.78, 5) is 23.3. The molecular weight excluding hydrogens is 285 g/mol. The maximum atomic E-state index is 13.1. The van der Waals surface area contributed by atoms with Gasteiger partial charge in [0.25, 0.3) is 5.91 Å². The molecule has 0 saturated heterocycles. The Labute approximate surface area is 127 Å². The molecule has 0 atom stereocenters. The van der Waals surface area contributed by atoms with Gasteiger partial charge in [-0.2, -0.15) is 0 Å². The number of ether oxygens (including phenoxy) is 1. The van der Waals surface area contributed by atoms with E-state index in [9.17, 15) is 14.0 Å². The maximum absolute atomic E-state index is 13.1. The number of ketones is 1. The molecule has 4 nitrogen and oxygen atoms in total. The van der Waals surface area contributed by atoms with Gasteiger partial charge in [0.1, 0.15) is 11.6 Å². The van der Waals surface area contributed by atoms with Crippen molar-refractivity contribution < 1.29 is 18.7 Å². The number of amides is 1. The Hall–Kier alpha value is -2.69. The van der Waals surface area contributed by atoms with Crippen LogP contribution in [-0.2, 0) is 4.79 Å². The summed E-state index contributed by atoms with van der Waals surface area (Å²) in [6.45, 7) is 2.97. The third-order valence-electron chi connectivity index (χ3n) is 2.98. The van der Waals surface area contributed by atoms with Gasteiger partial charge in [0, 0.05) is 5.69 Å². The van der Waals surface area contributed by atoms with E-state index < -0.39 is 5.82 Å². The Bertz CT molecular complexity index is 713. The Morgan fingerprint density at radius 3 is 2.64 bits per heavy atom. The van der Waals surface area contributed by atoms with Crippen LogP contribution in [0.4, 0.5) is 10.1 Å². The summed E-state index contributed by atoms with van der Waals surface area (Å²) in [5.41, 5.74) is 1.80. The lowest BCUT2D eigenvalue weighted by Crippen LogP contribution is -2.20. The van der Waals surface area contributed by atoms with Crippen molar-refractivity contribution in [3.8, 4) is 5.75 Å². The minimum atomic E-state index is -0.526. The van der Waals surface area contributed by atoms with Crippen molar-refractivity contribution in [2.75, 3.05) is 11.9 Å². The standard InChI is InChI=1S/C17H16FNO3/c1-11-4-3-5-14(8-11)19-17(21)10-22-16-7-6-13(18)9-15(16)12(2)20/h3-9H,10H2,1-2H3,(H,19,21). The summed E-state index contributed by atoms with van der Waals surface area (Å²) in [7, 11) is 0. The van der Waals surface area contributed by atoms with Crippen LogP contribution < -0.4 is 10.1 Å². The van der Waals surface area contributed by atoms with Gasteiger partial charge in [-0.15, -0.1) is 0 Å². The molecule has 0 aliphatic carbocycles. The zero-order chi connectivity index (χ0) is 16.1. The van der Waals surface area contributed by atoms with E-state index in [0.29, 0.717) is 5.69 Å². The summed E-state index contributed by atoms with van der Waals surface area (Å²) >= 11 is 0. The normalized spacial score (nSPS) is 10.1. The maximum Gasteiger partial charge on any atom is 0.262 e. The van der Waals surface area contributed by atoms with E-state index in [0.717, 1.165) is 11.6 Å². The summed E-state index contributed by atoms with van der Waals surface area (Å²) in [6, 6.07) is 11.0. The average molecular weight is 301 g/mol. The number of nitrogens with one attached hydrogen (secondary N) is 1. The van der Waals surface area contributed by atoms with Crippen LogP contribution in [-0.4, -0.2) is 18.3 Å². The Balaban J connectivity index is 2.01. The van der Waals surface area contributed by atoms with Gasteiger partial charge in [-0.1, -0.05) is 12.1 Å². The number of carbonyl (C=O) groups is 2. The first-order valence-electron chi connectivity index (χ1n) is 6.75.